The Labute approximate surface area is 441 Å². The quantitative estimate of drug-likeness (QED) is 0.0456. The van der Waals surface area contributed by atoms with E-state index in [0.29, 0.717) is 5.66 Å². The average molecular weight is 1340 g/mol. The molecule has 0 amide bonds. The first-order valence-corrected chi connectivity index (χ1v) is 28.9. The molecule has 0 aliphatic rings. The van der Waals surface area contributed by atoms with Crippen LogP contribution in [-0.4, -0.2) is 21.6 Å². The molecule has 2 radical (unpaired) electrons. The molecule has 66 heavy (non-hydrogen) atoms. The van der Waals surface area contributed by atoms with E-state index >= 15 is 0 Å². The minimum Gasteiger partial charge on any atom is -0.0951 e. The van der Waals surface area contributed by atoms with Crippen molar-refractivity contribution in [3.05, 3.63) is 243 Å². The summed E-state index contributed by atoms with van der Waals surface area (Å²) in [6.45, 7) is 4.57. The molecule has 0 nitrogen and oxygen atoms in total. The molecule has 0 N–H and O–H groups in total. The molecule has 0 saturated heterocycles. The van der Waals surface area contributed by atoms with Gasteiger partial charge in [-0.1, -0.05) is 293 Å². The molecule has 2 unspecified atom stereocenters. The zero-order chi connectivity index (χ0) is 44.4. The molecule has 0 heterocycles. The fourth-order valence-corrected chi connectivity index (χ4v) is 22.4. The Balaban J connectivity index is 0.000000241. The second-order valence-electron chi connectivity index (χ2n) is 15.7. The van der Waals surface area contributed by atoms with Crippen molar-refractivity contribution in [2.24, 2.45) is 0 Å². The molecule has 0 fully saturated rings. The number of benzene rings is 8. The van der Waals surface area contributed by atoms with Crippen LogP contribution in [0.1, 0.15) is 39.5 Å². The van der Waals surface area contributed by atoms with Crippen LogP contribution in [-0.2, 0) is 44.8 Å². The molecule has 0 saturated carbocycles. The fourth-order valence-electron chi connectivity index (χ4n) is 8.38. The summed E-state index contributed by atoms with van der Waals surface area (Å²) in [5.41, 5.74) is 0.744. The molecule has 2 atom stereocenters. The van der Waals surface area contributed by atoms with Gasteiger partial charge in [0, 0.05) is 50.4 Å². The first-order chi connectivity index (χ1) is 31.5. The number of halogens is 2. The maximum absolute atomic E-state index is 7.62. The van der Waals surface area contributed by atoms with Crippen LogP contribution in [0, 0.1) is 0 Å². The molecule has 0 aliphatic carbocycles. The van der Waals surface area contributed by atoms with Crippen LogP contribution in [0.15, 0.2) is 243 Å². The topological polar surface area (TPSA) is 0 Å². The van der Waals surface area contributed by atoms with Gasteiger partial charge in [-0.2, -0.15) is 0 Å². The third-order valence-electron chi connectivity index (χ3n) is 11.3. The van der Waals surface area contributed by atoms with Crippen LogP contribution in [0.3, 0.4) is 0 Å². The molecule has 8 aromatic carbocycles. The van der Waals surface area contributed by atoms with Gasteiger partial charge < -0.3 is 0 Å². The van der Waals surface area contributed by atoms with Gasteiger partial charge in [0.1, 0.15) is 0 Å². The van der Waals surface area contributed by atoms with E-state index < -0.39 is 35.8 Å². The Kier molecular flexibility index (Phi) is 23.9. The largest absolute Gasteiger partial charge is 0.152 e. The Hall–Kier alpha value is -2.46. The van der Waals surface area contributed by atoms with Crippen molar-refractivity contribution < 1.29 is 44.8 Å². The van der Waals surface area contributed by atoms with E-state index in [0.717, 1.165) is 12.8 Å². The van der Waals surface area contributed by atoms with Gasteiger partial charge in [-0.05, 0) is 98.8 Å². The normalized spacial score (nSPS) is 12.1. The Morgan fingerprint density at radius 2 is 0.606 bits per heavy atom. The van der Waals surface area contributed by atoms with Crippen molar-refractivity contribution >= 4 is 97.3 Å². The van der Waals surface area contributed by atoms with Crippen LogP contribution < -0.4 is 42.4 Å². The molecule has 0 aliphatic heterocycles. The zero-order valence-corrected chi connectivity index (χ0v) is 46.9. The monoisotopic (exact) mass is 1340 g/mol. The first kappa shape index (κ1) is 54.5. The van der Waals surface area contributed by atoms with Crippen molar-refractivity contribution in [2.45, 2.75) is 54.9 Å². The Morgan fingerprint density at radius 3 is 0.894 bits per heavy atom. The van der Waals surface area contributed by atoms with Gasteiger partial charge in [-0.3, -0.25) is 0 Å². The summed E-state index contributed by atoms with van der Waals surface area (Å²) >= 11 is 15.2. The summed E-state index contributed by atoms with van der Waals surface area (Å²) in [6.07, 6.45) is 5.69. The molecular formula is C58H58Au2Cl2P4. The van der Waals surface area contributed by atoms with Crippen LogP contribution in [0.4, 0.5) is 0 Å². The first-order valence-electron chi connectivity index (χ1n) is 22.4. The van der Waals surface area contributed by atoms with E-state index in [-0.39, 0.29) is 50.4 Å². The number of rotatable bonds is 18. The van der Waals surface area contributed by atoms with Crippen LogP contribution in [0.25, 0.3) is 0 Å². The van der Waals surface area contributed by atoms with Crippen molar-refractivity contribution in [2.75, 3.05) is 6.16 Å². The summed E-state index contributed by atoms with van der Waals surface area (Å²) in [5.74, 6) is 0. The van der Waals surface area contributed by atoms with Crippen LogP contribution in [0.2, 0.25) is 0 Å². The summed E-state index contributed by atoms with van der Waals surface area (Å²) in [5, 5.41) is 11.0. The maximum Gasteiger partial charge on any atom is 0.152 e. The van der Waals surface area contributed by atoms with Crippen LogP contribution >= 0.6 is 54.9 Å². The molecule has 8 aromatic rings. The standard InChI is InChI=1S/C29H28Cl2P2.C29H30P2.2Au/c1-2-15-28(32(24-16-7-3-8-17-24)25-18-9-4-10-19-25)29(30,31)33(26-20-11-5-12-21-26)27-22-13-6-14-23-27;1-2-15-29(31(27-20-11-5-12-21-27)28-22-13-6-14-23-28)24-30(25-16-7-3-8-17-25)26-18-9-4-10-19-26;;/h3-14,16-23,28H,2,15H2,1H3;3-14,16-23,29H,2,15,24H2,1H3;;. The number of hydrogen-bond acceptors (Lipinski definition) is 0. The number of alkyl halides is 2. The van der Waals surface area contributed by atoms with Crippen molar-refractivity contribution in [1.82, 2.24) is 0 Å². The van der Waals surface area contributed by atoms with E-state index in [1.807, 2.05) is 0 Å². The van der Waals surface area contributed by atoms with Gasteiger partial charge in [-0.25, -0.2) is 0 Å². The van der Waals surface area contributed by atoms with Crippen molar-refractivity contribution in [3.8, 4) is 0 Å². The molecule has 346 valence electrons. The van der Waals surface area contributed by atoms with Gasteiger partial charge in [-0.15, -0.1) is 0 Å². The fraction of sp³-hybridized carbons (Fsp3) is 0.172. The summed E-state index contributed by atoms with van der Waals surface area (Å²) in [7, 11) is -2.60. The van der Waals surface area contributed by atoms with E-state index in [9.17, 15) is 0 Å². The third kappa shape index (κ3) is 14.8. The zero-order valence-electron chi connectivity index (χ0n) is 37.4. The van der Waals surface area contributed by atoms with Gasteiger partial charge in [0.25, 0.3) is 0 Å². The van der Waals surface area contributed by atoms with Crippen molar-refractivity contribution in [3.63, 3.8) is 0 Å². The van der Waals surface area contributed by atoms with Gasteiger partial charge in [0.2, 0.25) is 0 Å². The molecule has 8 heteroatoms. The van der Waals surface area contributed by atoms with Crippen molar-refractivity contribution in [1.29, 1.82) is 0 Å². The Bertz CT molecular complexity index is 2340. The second-order valence-corrected chi connectivity index (χ2v) is 27.2. The van der Waals surface area contributed by atoms with Gasteiger partial charge in [0.05, 0.1) is 0 Å². The smallest absolute Gasteiger partial charge is 0.0951 e. The van der Waals surface area contributed by atoms with E-state index in [1.54, 1.807) is 0 Å². The summed E-state index contributed by atoms with van der Waals surface area (Å²) < 4.78 is -0.939. The van der Waals surface area contributed by atoms with E-state index in [2.05, 4.69) is 257 Å². The van der Waals surface area contributed by atoms with E-state index in [1.165, 1.54) is 61.4 Å². The third-order valence-corrected chi connectivity index (χ3v) is 24.6. The molecule has 0 bridgehead atoms. The summed E-state index contributed by atoms with van der Waals surface area (Å²) in [6, 6.07) is 87.5. The molecule has 0 spiro atoms. The van der Waals surface area contributed by atoms with Crippen LogP contribution in [0.5, 0.6) is 0 Å². The molecule has 8 rings (SSSR count). The predicted molar refractivity (Wildman–Crippen MR) is 293 cm³/mol. The number of hydrogen-bond donors (Lipinski definition) is 0. The SMILES string of the molecule is CCCC(CP(c1ccccc1)c1ccccc1)P(c1ccccc1)c1ccccc1.CCCC(P(c1ccccc1)c1ccccc1)C(Cl)(Cl)P(c1ccccc1)c1ccccc1.[Au].[Au]. The summed E-state index contributed by atoms with van der Waals surface area (Å²) in [4.78, 5) is 0. The van der Waals surface area contributed by atoms with E-state index in [4.69, 9.17) is 23.2 Å². The Morgan fingerprint density at radius 1 is 0.348 bits per heavy atom. The minimum absolute atomic E-state index is 0. The average Bonchev–Trinajstić information content (AvgIpc) is 3.36. The second kappa shape index (κ2) is 28.9. The predicted octanol–water partition coefficient (Wildman–Crippen LogP) is 14.0. The van der Waals surface area contributed by atoms with Gasteiger partial charge in [0.15, 0.2) is 4.07 Å². The molecule has 0 aromatic heterocycles. The van der Waals surface area contributed by atoms with Gasteiger partial charge >= 0.3 is 0 Å². The minimum atomic E-state index is -1.01. The maximum atomic E-state index is 7.62. The molecular weight excluding hydrogens is 1290 g/mol.